The molecule has 2 aromatic heterocycles. The van der Waals surface area contributed by atoms with Gasteiger partial charge in [-0.05, 0) is 37.5 Å². The lowest BCUT2D eigenvalue weighted by Crippen LogP contribution is -2.35. The average Bonchev–Trinajstić information content (AvgIpc) is 3.27. The smallest absolute Gasteiger partial charge is 0.254 e. The second-order valence-corrected chi connectivity index (χ2v) is 6.83. The number of pyridine rings is 1. The minimum absolute atomic E-state index is 0.0144. The van der Waals surface area contributed by atoms with Crippen molar-refractivity contribution in [3.8, 4) is 0 Å². The molecule has 0 bridgehead atoms. The molecule has 130 valence electrons. The topological polar surface area (TPSA) is 75.4 Å². The van der Waals surface area contributed by atoms with Gasteiger partial charge in [0.25, 0.3) is 5.91 Å². The quantitative estimate of drug-likeness (QED) is 0.908. The van der Waals surface area contributed by atoms with Crippen LogP contribution >= 0.6 is 0 Å². The molecule has 2 atom stereocenters. The Labute approximate surface area is 146 Å². The lowest BCUT2D eigenvalue weighted by atomic mass is 9.94. The van der Waals surface area contributed by atoms with Gasteiger partial charge >= 0.3 is 0 Å². The zero-order chi connectivity index (χ0) is 17.4. The Hall–Kier alpha value is -2.63. The third-order valence-electron chi connectivity index (χ3n) is 5.07. The maximum Gasteiger partial charge on any atom is 0.254 e. The number of likely N-dealkylation sites (tertiary alicyclic amines) is 1. The molecule has 25 heavy (non-hydrogen) atoms. The number of rotatable bonds is 5. The van der Waals surface area contributed by atoms with E-state index in [1.807, 2.05) is 23.2 Å². The molecule has 1 saturated carbocycles. The Morgan fingerprint density at radius 3 is 2.88 bits per heavy atom. The molecule has 6 nitrogen and oxygen atoms in total. The van der Waals surface area contributed by atoms with Gasteiger partial charge in [0.05, 0.1) is 17.9 Å². The number of nitrogens with zero attached hydrogens (tertiary/aromatic N) is 2. The van der Waals surface area contributed by atoms with Crippen LogP contribution in [0.5, 0.6) is 0 Å². The lowest BCUT2D eigenvalue weighted by molar-refractivity contribution is -0.129. The second-order valence-electron chi connectivity index (χ2n) is 6.83. The molecule has 6 heteroatoms. The number of nitrogens with one attached hydrogen (secondary N) is 1. The highest BCUT2D eigenvalue weighted by Gasteiger charge is 2.47. The van der Waals surface area contributed by atoms with Crippen molar-refractivity contribution in [1.29, 1.82) is 0 Å². The van der Waals surface area contributed by atoms with E-state index < -0.39 is 0 Å². The Balaban J connectivity index is 1.52. The van der Waals surface area contributed by atoms with Gasteiger partial charge < -0.3 is 14.6 Å². The molecule has 0 aromatic carbocycles. The van der Waals surface area contributed by atoms with Gasteiger partial charge in [-0.2, -0.15) is 0 Å². The first-order valence-electron chi connectivity index (χ1n) is 8.68. The van der Waals surface area contributed by atoms with Gasteiger partial charge in [-0.1, -0.05) is 6.07 Å². The summed E-state index contributed by atoms with van der Waals surface area (Å²) in [5, 5.41) is 2.97. The third-order valence-corrected chi connectivity index (χ3v) is 5.07. The minimum Gasteiger partial charge on any atom is -0.469 e. The summed E-state index contributed by atoms with van der Waals surface area (Å²) >= 11 is 0. The molecule has 0 unspecified atom stereocenters. The Kier molecular flexibility index (Phi) is 4.03. The average molecular weight is 339 g/mol. The van der Waals surface area contributed by atoms with Gasteiger partial charge in [0, 0.05) is 37.3 Å². The SMILES string of the molecule is Cc1occc1C(=O)NC[C@@H]1CC(=O)N(C2CC2)[C@H]1c1cccnc1. The standard InChI is InChI=1S/C19H21N3O3/c1-12-16(6-8-25-12)19(24)21-11-14-9-17(23)22(15-4-5-15)18(14)13-3-2-7-20-10-13/h2-3,6-8,10,14-15,18H,4-5,9,11H2,1H3,(H,21,24)/t14-,18-/m0/s1. The van der Waals surface area contributed by atoms with Crippen LogP contribution in [0.15, 0.2) is 41.3 Å². The van der Waals surface area contributed by atoms with Gasteiger partial charge in [0.2, 0.25) is 5.91 Å². The van der Waals surface area contributed by atoms with Crippen LogP contribution in [0.3, 0.4) is 0 Å². The largest absolute Gasteiger partial charge is 0.469 e. The summed E-state index contributed by atoms with van der Waals surface area (Å²) in [6, 6.07) is 5.91. The molecule has 1 saturated heterocycles. The lowest BCUT2D eigenvalue weighted by Gasteiger charge is -2.28. The summed E-state index contributed by atoms with van der Waals surface area (Å²) in [5.74, 6) is 0.667. The molecule has 2 aromatic rings. The van der Waals surface area contributed by atoms with E-state index in [9.17, 15) is 9.59 Å². The second kappa shape index (κ2) is 6.35. The predicted molar refractivity (Wildman–Crippen MR) is 90.7 cm³/mol. The molecule has 2 fully saturated rings. The summed E-state index contributed by atoms with van der Waals surface area (Å²) in [6.45, 7) is 2.22. The van der Waals surface area contributed by atoms with Crippen LogP contribution in [-0.2, 0) is 4.79 Å². The number of amides is 2. The molecule has 0 radical (unpaired) electrons. The van der Waals surface area contributed by atoms with E-state index in [-0.39, 0.29) is 23.8 Å². The number of carbonyl (C=O) groups is 2. The molecule has 1 aliphatic carbocycles. The van der Waals surface area contributed by atoms with Crippen LogP contribution in [0.1, 0.15) is 47.0 Å². The van der Waals surface area contributed by atoms with Crippen molar-refractivity contribution >= 4 is 11.8 Å². The molecular formula is C19H21N3O3. The normalized spacial score (nSPS) is 23.1. The predicted octanol–water partition coefficient (Wildman–Crippen LogP) is 2.47. The van der Waals surface area contributed by atoms with Crippen LogP contribution < -0.4 is 5.32 Å². The van der Waals surface area contributed by atoms with E-state index >= 15 is 0 Å². The van der Waals surface area contributed by atoms with Gasteiger partial charge in [-0.15, -0.1) is 0 Å². The summed E-state index contributed by atoms with van der Waals surface area (Å²) < 4.78 is 5.19. The van der Waals surface area contributed by atoms with Gasteiger partial charge in [-0.3, -0.25) is 14.6 Å². The van der Waals surface area contributed by atoms with Crippen molar-refractivity contribution in [3.63, 3.8) is 0 Å². The molecule has 2 amide bonds. The van der Waals surface area contributed by atoms with Crippen LogP contribution in [0, 0.1) is 12.8 Å². The minimum atomic E-state index is -0.159. The van der Waals surface area contributed by atoms with E-state index in [0.29, 0.717) is 30.3 Å². The van der Waals surface area contributed by atoms with Crippen molar-refractivity contribution in [2.45, 2.75) is 38.3 Å². The summed E-state index contributed by atoms with van der Waals surface area (Å²) in [5.41, 5.74) is 1.58. The van der Waals surface area contributed by atoms with E-state index in [1.54, 1.807) is 19.2 Å². The first kappa shape index (κ1) is 15.9. The Morgan fingerprint density at radius 2 is 2.24 bits per heavy atom. The van der Waals surface area contributed by atoms with Crippen LogP contribution in [0.25, 0.3) is 0 Å². The van der Waals surface area contributed by atoms with E-state index in [4.69, 9.17) is 4.42 Å². The molecule has 1 aliphatic heterocycles. The van der Waals surface area contributed by atoms with Crippen molar-refractivity contribution in [2.75, 3.05) is 6.54 Å². The fourth-order valence-electron chi connectivity index (χ4n) is 3.71. The highest BCUT2D eigenvalue weighted by Crippen LogP contribution is 2.44. The maximum absolute atomic E-state index is 12.6. The van der Waals surface area contributed by atoms with Crippen molar-refractivity contribution in [2.24, 2.45) is 5.92 Å². The van der Waals surface area contributed by atoms with Crippen LogP contribution in [-0.4, -0.2) is 34.3 Å². The molecule has 0 spiro atoms. The van der Waals surface area contributed by atoms with Crippen molar-refractivity contribution in [1.82, 2.24) is 15.2 Å². The number of aryl methyl sites for hydroxylation is 1. The van der Waals surface area contributed by atoms with E-state index in [2.05, 4.69) is 10.3 Å². The third kappa shape index (κ3) is 3.04. The molecule has 2 aliphatic rings. The van der Waals surface area contributed by atoms with Gasteiger partial charge in [0.1, 0.15) is 5.76 Å². The monoisotopic (exact) mass is 339 g/mol. The van der Waals surface area contributed by atoms with Crippen molar-refractivity contribution < 1.29 is 14.0 Å². The van der Waals surface area contributed by atoms with Crippen molar-refractivity contribution in [3.05, 3.63) is 53.7 Å². The molecule has 3 heterocycles. The number of furan rings is 1. The summed E-state index contributed by atoms with van der Waals surface area (Å²) in [7, 11) is 0. The number of aromatic nitrogens is 1. The Bertz CT molecular complexity index is 782. The molecule has 4 rings (SSSR count). The van der Waals surface area contributed by atoms with Crippen LogP contribution in [0.4, 0.5) is 0 Å². The fourth-order valence-corrected chi connectivity index (χ4v) is 3.71. The molecular weight excluding hydrogens is 318 g/mol. The zero-order valence-electron chi connectivity index (χ0n) is 14.1. The first-order valence-corrected chi connectivity index (χ1v) is 8.68. The number of carbonyl (C=O) groups excluding carboxylic acids is 2. The first-order chi connectivity index (χ1) is 12.1. The summed E-state index contributed by atoms with van der Waals surface area (Å²) in [6.07, 6.45) is 7.66. The highest BCUT2D eigenvalue weighted by molar-refractivity contribution is 5.95. The number of hydrogen-bond donors (Lipinski definition) is 1. The highest BCUT2D eigenvalue weighted by atomic mass is 16.3. The van der Waals surface area contributed by atoms with Gasteiger partial charge in [0.15, 0.2) is 0 Å². The number of hydrogen-bond acceptors (Lipinski definition) is 4. The van der Waals surface area contributed by atoms with E-state index in [1.165, 1.54) is 6.26 Å². The Morgan fingerprint density at radius 1 is 1.40 bits per heavy atom. The maximum atomic E-state index is 12.6. The van der Waals surface area contributed by atoms with E-state index in [0.717, 1.165) is 18.4 Å². The van der Waals surface area contributed by atoms with Gasteiger partial charge in [-0.25, -0.2) is 0 Å². The zero-order valence-corrected chi connectivity index (χ0v) is 14.1. The van der Waals surface area contributed by atoms with Crippen LogP contribution in [0.2, 0.25) is 0 Å². The molecule has 1 N–H and O–H groups in total. The fraction of sp³-hybridized carbons (Fsp3) is 0.421. The summed E-state index contributed by atoms with van der Waals surface area (Å²) in [4.78, 5) is 31.1.